The first-order valence-corrected chi connectivity index (χ1v) is 9.57. The summed E-state index contributed by atoms with van der Waals surface area (Å²) < 4.78 is 11.3. The van der Waals surface area contributed by atoms with Gasteiger partial charge in [0.15, 0.2) is 6.10 Å². The molecule has 2 atom stereocenters. The van der Waals surface area contributed by atoms with E-state index in [1.807, 2.05) is 43.3 Å². The maximum atomic E-state index is 12.7. The molecule has 2 aromatic rings. The molecule has 2 rings (SSSR count). The lowest BCUT2D eigenvalue weighted by Crippen LogP contribution is -2.38. The average Bonchev–Trinajstić information content (AvgIpc) is 2.66. The molecular formula is C23H31NO3. The van der Waals surface area contributed by atoms with E-state index in [4.69, 9.17) is 9.47 Å². The molecule has 146 valence electrons. The largest absolute Gasteiger partial charge is 0.496 e. The Kier molecular flexibility index (Phi) is 7.28. The third-order valence-corrected chi connectivity index (χ3v) is 4.76. The van der Waals surface area contributed by atoms with Gasteiger partial charge in [0.2, 0.25) is 0 Å². The fourth-order valence-corrected chi connectivity index (χ4v) is 3.14. The standard InChI is InChI=1S/C23H31NO3/c1-7-20(18-12-13-21(26-6)16(4)14-18)24-23(25)17(5)27-22-11-9-8-10-19(22)15(2)3/h8-15,17,20H,7H2,1-6H3,(H,24,25)/t17-,20-/m1/s1. The van der Waals surface area contributed by atoms with Gasteiger partial charge in [-0.2, -0.15) is 0 Å². The van der Waals surface area contributed by atoms with Gasteiger partial charge in [-0.3, -0.25) is 4.79 Å². The third kappa shape index (κ3) is 5.25. The van der Waals surface area contributed by atoms with Crippen molar-refractivity contribution in [2.24, 2.45) is 0 Å². The van der Waals surface area contributed by atoms with Crippen molar-refractivity contribution in [3.63, 3.8) is 0 Å². The van der Waals surface area contributed by atoms with Crippen LogP contribution in [-0.2, 0) is 4.79 Å². The quantitative estimate of drug-likeness (QED) is 0.699. The zero-order valence-corrected chi connectivity index (χ0v) is 17.2. The van der Waals surface area contributed by atoms with Crippen molar-refractivity contribution in [3.8, 4) is 11.5 Å². The molecule has 0 aliphatic carbocycles. The molecule has 4 nitrogen and oxygen atoms in total. The van der Waals surface area contributed by atoms with Crippen LogP contribution in [0.15, 0.2) is 42.5 Å². The normalized spacial score (nSPS) is 13.1. The van der Waals surface area contributed by atoms with Crippen molar-refractivity contribution >= 4 is 5.91 Å². The lowest BCUT2D eigenvalue weighted by molar-refractivity contribution is -0.128. The molecule has 0 aromatic heterocycles. The molecule has 0 heterocycles. The van der Waals surface area contributed by atoms with E-state index in [1.54, 1.807) is 14.0 Å². The highest BCUT2D eigenvalue weighted by Crippen LogP contribution is 2.27. The smallest absolute Gasteiger partial charge is 0.261 e. The first-order chi connectivity index (χ1) is 12.9. The Morgan fingerprint density at radius 3 is 2.37 bits per heavy atom. The summed E-state index contributed by atoms with van der Waals surface area (Å²) in [7, 11) is 1.66. The summed E-state index contributed by atoms with van der Waals surface area (Å²) in [6.45, 7) is 10.1. The highest BCUT2D eigenvalue weighted by atomic mass is 16.5. The van der Waals surface area contributed by atoms with Gasteiger partial charge in [0.1, 0.15) is 11.5 Å². The summed E-state index contributed by atoms with van der Waals surface area (Å²) in [4.78, 5) is 12.7. The van der Waals surface area contributed by atoms with E-state index in [0.717, 1.165) is 34.6 Å². The van der Waals surface area contributed by atoms with Gasteiger partial charge >= 0.3 is 0 Å². The molecule has 1 amide bonds. The molecule has 0 unspecified atom stereocenters. The summed E-state index contributed by atoms with van der Waals surface area (Å²) in [6.07, 6.45) is 0.227. The first kappa shape index (κ1) is 20.8. The van der Waals surface area contributed by atoms with Crippen LogP contribution in [0.3, 0.4) is 0 Å². The Labute approximate surface area is 162 Å². The third-order valence-electron chi connectivity index (χ3n) is 4.76. The van der Waals surface area contributed by atoms with Crippen LogP contribution < -0.4 is 14.8 Å². The molecule has 4 heteroatoms. The van der Waals surface area contributed by atoms with Crippen LogP contribution in [0.2, 0.25) is 0 Å². The van der Waals surface area contributed by atoms with Gasteiger partial charge in [-0.1, -0.05) is 51.1 Å². The zero-order chi connectivity index (χ0) is 20.0. The molecule has 0 bridgehead atoms. The Bertz CT molecular complexity index is 770. The number of carbonyl (C=O) groups excluding carboxylic acids is 1. The molecule has 1 N–H and O–H groups in total. The molecule has 0 fully saturated rings. The number of hydrogen-bond donors (Lipinski definition) is 1. The van der Waals surface area contributed by atoms with Crippen LogP contribution in [0.4, 0.5) is 0 Å². The minimum atomic E-state index is -0.571. The van der Waals surface area contributed by atoms with Crippen LogP contribution in [0.1, 0.15) is 62.8 Å². The Balaban J connectivity index is 2.09. The van der Waals surface area contributed by atoms with Crippen molar-refractivity contribution in [2.75, 3.05) is 7.11 Å². The van der Waals surface area contributed by atoms with E-state index in [-0.39, 0.29) is 11.9 Å². The van der Waals surface area contributed by atoms with Crippen molar-refractivity contribution in [2.45, 2.75) is 59.1 Å². The Morgan fingerprint density at radius 1 is 1.07 bits per heavy atom. The van der Waals surface area contributed by atoms with Gasteiger partial charge in [0.25, 0.3) is 5.91 Å². The SMILES string of the molecule is CC[C@@H](NC(=O)[C@@H](C)Oc1ccccc1C(C)C)c1ccc(OC)c(C)c1. The zero-order valence-electron chi connectivity index (χ0n) is 17.2. The average molecular weight is 370 g/mol. The van der Waals surface area contributed by atoms with E-state index < -0.39 is 6.10 Å². The summed E-state index contributed by atoms with van der Waals surface area (Å²) in [6, 6.07) is 13.8. The highest BCUT2D eigenvalue weighted by molar-refractivity contribution is 5.81. The second kappa shape index (κ2) is 9.45. The summed E-state index contributed by atoms with van der Waals surface area (Å²) in [5.74, 6) is 1.83. The summed E-state index contributed by atoms with van der Waals surface area (Å²) in [5.41, 5.74) is 3.23. The van der Waals surface area contributed by atoms with Gasteiger partial charge in [0.05, 0.1) is 13.2 Å². The van der Waals surface area contributed by atoms with Crippen LogP contribution in [-0.4, -0.2) is 19.1 Å². The minimum absolute atomic E-state index is 0.0616. The van der Waals surface area contributed by atoms with E-state index >= 15 is 0 Å². The number of aryl methyl sites for hydroxylation is 1. The lowest BCUT2D eigenvalue weighted by Gasteiger charge is -2.23. The van der Waals surface area contributed by atoms with Gasteiger partial charge in [0, 0.05) is 0 Å². The highest BCUT2D eigenvalue weighted by Gasteiger charge is 2.21. The first-order valence-electron chi connectivity index (χ1n) is 9.57. The van der Waals surface area contributed by atoms with Crippen molar-refractivity contribution < 1.29 is 14.3 Å². The number of hydrogen-bond acceptors (Lipinski definition) is 3. The van der Waals surface area contributed by atoms with Gasteiger partial charge in [-0.25, -0.2) is 0 Å². The Hall–Kier alpha value is -2.49. The van der Waals surface area contributed by atoms with Crippen LogP contribution in [0.5, 0.6) is 11.5 Å². The lowest BCUT2D eigenvalue weighted by atomic mass is 10.0. The van der Waals surface area contributed by atoms with Gasteiger partial charge in [-0.05, 0) is 55.0 Å². The molecule has 0 radical (unpaired) electrons. The second-order valence-electron chi connectivity index (χ2n) is 7.15. The summed E-state index contributed by atoms with van der Waals surface area (Å²) in [5, 5.41) is 3.11. The second-order valence-corrected chi connectivity index (χ2v) is 7.15. The van der Waals surface area contributed by atoms with E-state index in [2.05, 4.69) is 32.2 Å². The molecule has 2 aromatic carbocycles. The van der Waals surface area contributed by atoms with Gasteiger partial charge in [-0.15, -0.1) is 0 Å². The topological polar surface area (TPSA) is 47.6 Å². The number of para-hydroxylation sites is 1. The Morgan fingerprint density at radius 2 is 1.78 bits per heavy atom. The van der Waals surface area contributed by atoms with E-state index in [0.29, 0.717) is 5.92 Å². The minimum Gasteiger partial charge on any atom is -0.496 e. The molecule has 27 heavy (non-hydrogen) atoms. The number of methoxy groups -OCH3 is 1. The molecule has 0 saturated carbocycles. The van der Waals surface area contributed by atoms with Crippen LogP contribution >= 0.6 is 0 Å². The number of carbonyl (C=O) groups is 1. The number of ether oxygens (including phenoxy) is 2. The fourth-order valence-electron chi connectivity index (χ4n) is 3.14. The van der Waals surface area contributed by atoms with Crippen LogP contribution in [0, 0.1) is 6.92 Å². The number of benzene rings is 2. The predicted octanol–water partition coefficient (Wildman–Crippen LogP) is 5.16. The number of rotatable bonds is 8. The van der Waals surface area contributed by atoms with E-state index in [1.165, 1.54) is 0 Å². The maximum Gasteiger partial charge on any atom is 0.261 e. The molecule has 0 aliphatic rings. The number of amides is 1. The number of nitrogens with one attached hydrogen (secondary N) is 1. The van der Waals surface area contributed by atoms with Gasteiger partial charge < -0.3 is 14.8 Å². The summed E-state index contributed by atoms with van der Waals surface area (Å²) >= 11 is 0. The molecular weight excluding hydrogens is 338 g/mol. The molecule has 0 spiro atoms. The van der Waals surface area contributed by atoms with Crippen LogP contribution in [0.25, 0.3) is 0 Å². The molecule has 0 saturated heterocycles. The van der Waals surface area contributed by atoms with Crippen molar-refractivity contribution in [3.05, 3.63) is 59.2 Å². The van der Waals surface area contributed by atoms with E-state index in [9.17, 15) is 4.79 Å². The predicted molar refractivity (Wildman–Crippen MR) is 110 cm³/mol. The monoisotopic (exact) mass is 369 g/mol. The maximum absolute atomic E-state index is 12.7. The van der Waals surface area contributed by atoms with Crippen molar-refractivity contribution in [1.82, 2.24) is 5.32 Å². The fraction of sp³-hybridized carbons (Fsp3) is 0.435. The van der Waals surface area contributed by atoms with Crippen molar-refractivity contribution in [1.29, 1.82) is 0 Å². The molecule has 0 aliphatic heterocycles.